The van der Waals surface area contributed by atoms with Gasteiger partial charge in [-0.15, -0.1) is 45.3 Å². The van der Waals surface area contributed by atoms with Crippen molar-refractivity contribution in [1.82, 2.24) is 25.3 Å². The lowest BCUT2D eigenvalue weighted by atomic mass is 9.87. The normalized spacial score (nSPS) is 16.8. The van der Waals surface area contributed by atoms with Crippen LogP contribution < -0.4 is 15.5 Å². The number of ketones is 1. The number of pyridine rings is 4. The summed E-state index contributed by atoms with van der Waals surface area (Å²) < 4.78 is 11.6. The summed E-state index contributed by atoms with van der Waals surface area (Å²) in [6.07, 6.45) is 16.0. The van der Waals surface area contributed by atoms with Crippen molar-refractivity contribution < 1.29 is 40.4 Å². The number of nitrogens with zero attached hydrogens (tertiary/aromatic N) is 5. The maximum absolute atomic E-state index is 12.3. The Morgan fingerprint density at radius 1 is 0.469 bits per heavy atom. The van der Waals surface area contributed by atoms with Crippen LogP contribution in [0.4, 0.5) is 5.00 Å². The third kappa shape index (κ3) is 15.8. The van der Waals surface area contributed by atoms with Gasteiger partial charge in [-0.05, 0) is 193 Å². The first-order valence-corrected chi connectivity index (χ1v) is 35.5. The van der Waals surface area contributed by atoms with Crippen molar-refractivity contribution in [3.05, 3.63) is 299 Å². The summed E-state index contributed by atoms with van der Waals surface area (Å²) in [6, 6.07) is 55.8. The van der Waals surface area contributed by atoms with Crippen LogP contribution in [-0.2, 0) is 14.0 Å². The van der Waals surface area contributed by atoms with Crippen LogP contribution in [0.1, 0.15) is 113 Å². The summed E-state index contributed by atoms with van der Waals surface area (Å²) in [4.78, 5) is 69.1. The number of benzene rings is 4. The summed E-state index contributed by atoms with van der Waals surface area (Å²) in [5.74, 6) is 0.887. The maximum Gasteiger partial charge on any atom is 0.521 e. The van der Waals surface area contributed by atoms with E-state index in [4.69, 9.17) is 61.1 Å². The molecule has 10 heterocycles. The molecule has 4 aliphatic rings. The average molecular weight is 1450 g/mol. The molecule has 24 heteroatoms. The lowest BCUT2D eigenvalue weighted by molar-refractivity contribution is -0.244. The largest absolute Gasteiger partial charge is 0.565 e. The number of hydrogen-bond donors (Lipinski definition) is 4. The molecule has 2 aliphatic heterocycles. The van der Waals surface area contributed by atoms with Crippen molar-refractivity contribution in [3.63, 3.8) is 0 Å². The third-order valence-corrected chi connectivity index (χ3v) is 22.2. The van der Waals surface area contributed by atoms with Gasteiger partial charge in [0.05, 0.1) is 25.3 Å². The zero-order valence-electron chi connectivity index (χ0n) is 50.1. The number of rotatable bonds is 9. The van der Waals surface area contributed by atoms with E-state index in [0.29, 0.717) is 24.4 Å². The van der Waals surface area contributed by atoms with Gasteiger partial charge in [-0.1, -0.05) is 100 Å². The van der Waals surface area contributed by atoms with Gasteiger partial charge >= 0.3 is 8.25 Å². The standard InChI is InChI=1S/3C18H13ClN2OS.C18H12ClNOS.HO4P.H2/c19-13-3-1-11(2-4-13)14-10-17(22)21-18-15(14)9-16(23-18)12-5-7-20-8-6-12;19-13-3-1-11(2-4-13)15-10-21-18(22)17-14(15)9-16(23-17)12-5-7-20-8-6-12;19-13-3-1-11(2-4-13)14-9-16(21-22)18-15(14)10-17(23-18)12-5-7-20-8-6-12;19-13-3-1-11(2-4-13)14-9-16(21)18-15(14)10-17(22-18)12-5-7-20-8-6-12;1-4-5(2)3;/h1-9,14H,10H2,(H,21,22);1-9,15H,10H2,(H,21,22);1-8,10,14,22H,9H2;1-8,10,14H,9H2;1H;1H. The number of aromatic nitrogens is 4. The van der Waals surface area contributed by atoms with Crippen LogP contribution in [0.3, 0.4) is 0 Å². The molecule has 0 spiro atoms. The Morgan fingerprint density at radius 2 is 0.802 bits per heavy atom. The van der Waals surface area contributed by atoms with Crippen molar-refractivity contribution in [3.8, 4) is 41.8 Å². The first-order chi connectivity index (χ1) is 46.7. The van der Waals surface area contributed by atoms with Crippen LogP contribution in [0.15, 0.2) is 225 Å². The van der Waals surface area contributed by atoms with E-state index >= 15 is 0 Å². The molecule has 0 fully saturated rings. The third-order valence-electron chi connectivity index (χ3n) is 16.3. The quantitative estimate of drug-likeness (QED) is 0.0458. The molecule has 15 nitrogen and oxygen atoms in total. The predicted octanol–water partition coefficient (Wildman–Crippen LogP) is 19.4. The SMILES string of the molecule is O=C1CC(c2ccc(Cl)cc2)c2cc(-c3ccncc3)sc21.O=C1CC(c2ccc(Cl)cc2)c2cc(-c3ccncc3)sc2N1.O=C1NCC(c2ccc(Cl)cc2)c2cc(-c3ccncc3)sc21.O=[P+]([O-])OO.ON=C1CC(c2ccc(Cl)cc2)c2cc(-c3ccncc3)sc21.[HH]. The molecule has 0 saturated heterocycles. The molecule has 0 bridgehead atoms. The number of fused-ring (bicyclic) bond motifs is 4. The van der Waals surface area contributed by atoms with E-state index in [9.17, 15) is 19.6 Å². The number of anilines is 1. The lowest BCUT2D eigenvalue weighted by Crippen LogP contribution is -2.34. The first-order valence-electron chi connectivity index (χ1n) is 29.6. The van der Waals surface area contributed by atoms with E-state index in [-0.39, 0.29) is 42.7 Å². The van der Waals surface area contributed by atoms with Crippen LogP contribution in [-0.4, -0.2) is 60.3 Å². The lowest BCUT2D eigenvalue weighted by Gasteiger charge is -2.23. The number of hydrogen-bond acceptors (Lipinski definition) is 17. The van der Waals surface area contributed by atoms with E-state index < -0.39 is 8.25 Å². The van der Waals surface area contributed by atoms with Gasteiger partial charge in [0.2, 0.25) is 5.91 Å². The van der Waals surface area contributed by atoms with E-state index in [1.54, 1.807) is 83.6 Å². The zero-order valence-corrected chi connectivity index (χ0v) is 57.3. The molecule has 4 N–H and O–H groups in total. The summed E-state index contributed by atoms with van der Waals surface area (Å²) in [5, 5.41) is 29.7. The van der Waals surface area contributed by atoms with Gasteiger partial charge in [0.15, 0.2) is 5.78 Å². The predicted molar refractivity (Wildman–Crippen MR) is 384 cm³/mol. The van der Waals surface area contributed by atoms with Crippen molar-refractivity contribution in [2.75, 3.05) is 11.9 Å². The number of thiophene rings is 4. The number of amides is 2. The summed E-state index contributed by atoms with van der Waals surface area (Å²) in [7, 11) is -3.04. The highest BCUT2D eigenvalue weighted by molar-refractivity contribution is 7.30. The second kappa shape index (κ2) is 31.1. The molecule has 16 rings (SSSR count). The fraction of sp³-hybridized carbons (Fsp3) is 0.111. The van der Waals surface area contributed by atoms with E-state index in [2.05, 4.69) is 64.7 Å². The molecule has 5 atom stereocenters. The van der Waals surface area contributed by atoms with Crippen molar-refractivity contribution in [2.45, 2.75) is 42.9 Å². The van der Waals surface area contributed by atoms with Gasteiger partial charge in [-0.2, -0.15) is 0 Å². The molecule has 8 aromatic heterocycles. The van der Waals surface area contributed by atoms with Gasteiger partial charge in [0, 0.05) is 145 Å². The van der Waals surface area contributed by atoms with Crippen molar-refractivity contribution in [1.29, 1.82) is 0 Å². The number of oxime groups is 1. The number of carbonyl (C=O) groups excluding carboxylic acids is 3. The Balaban J connectivity index is 0.000000128. The fourth-order valence-corrected chi connectivity index (χ4v) is 16.9. The summed E-state index contributed by atoms with van der Waals surface area (Å²) in [6.45, 7) is 0.611. The molecule has 0 radical (unpaired) electrons. The van der Waals surface area contributed by atoms with E-state index in [0.717, 1.165) is 116 Å². The monoisotopic (exact) mass is 1440 g/mol. The Kier molecular flexibility index (Phi) is 21.9. The van der Waals surface area contributed by atoms with Gasteiger partial charge in [0.25, 0.3) is 5.91 Å². The molecule has 5 unspecified atom stereocenters. The Hall–Kier alpha value is -8.50. The smallest absolute Gasteiger partial charge is 0.521 e. The highest BCUT2D eigenvalue weighted by Gasteiger charge is 2.35. The number of carbonyl (C=O) groups is 3. The molecular formula is C72H54Cl4N7O8PS4. The fourth-order valence-electron chi connectivity index (χ4n) is 11.7. The first kappa shape index (κ1) is 67.5. The van der Waals surface area contributed by atoms with Crippen LogP contribution in [0.2, 0.25) is 20.1 Å². The van der Waals surface area contributed by atoms with E-state index in [1.165, 1.54) is 28.0 Å². The topological polar surface area (TPSA) is 229 Å². The second-order valence-corrected chi connectivity index (χ2v) is 28.7. The van der Waals surface area contributed by atoms with Gasteiger partial charge < -0.3 is 20.7 Å². The number of halogens is 4. The highest BCUT2D eigenvalue weighted by atomic mass is 35.5. The van der Waals surface area contributed by atoms with Crippen LogP contribution >= 0.6 is 100 Å². The Morgan fingerprint density at radius 3 is 1.21 bits per heavy atom. The van der Waals surface area contributed by atoms with Gasteiger partial charge in [-0.25, -0.2) is 5.26 Å². The van der Waals surface area contributed by atoms with E-state index in [1.807, 2.05) is 146 Å². The average Bonchev–Trinajstić information content (AvgIpc) is 1.65. The Labute approximate surface area is 589 Å². The molecular weight excluding hydrogens is 1390 g/mol. The minimum atomic E-state index is -3.04. The molecule has 2 amide bonds. The molecule has 0 saturated carbocycles. The molecule has 482 valence electrons. The summed E-state index contributed by atoms with van der Waals surface area (Å²) in [5.41, 5.74) is 14.4. The molecule has 4 aromatic carbocycles. The van der Waals surface area contributed by atoms with Crippen LogP contribution in [0.5, 0.6) is 0 Å². The van der Waals surface area contributed by atoms with Gasteiger partial charge in [-0.3, -0.25) is 34.3 Å². The second-order valence-electron chi connectivity index (χ2n) is 22.1. The van der Waals surface area contributed by atoms with Crippen LogP contribution in [0, 0.1) is 0 Å². The molecule has 96 heavy (non-hydrogen) atoms. The highest BCUT2D eigenvalue weighted by Crippen LogP contribution is 2.49. The minimum absolute atomic E-state index is 0. The van der Waals surface area contributed by atoms with Crippen molar-refractivity contribution in [2.24, 2.45) is 5.16 Å². The van der Waals surface area contributed by atoms with Crippen molar-refractivity contribution >= 4 is 128 Å². The summed E-state index contributed by atoms with van der Waals surface area (Å²) >= 11 is 30.3. The zero-order chi connectivity index (χ0) is 66.8. The number of Topliss-reactive ketones (excluding diaryl/α,β-unsaturated/α-hetero) is 1. The minimum Gasteiger partial charge on any atom is -0.565 e. The molecule has 12 aromatic rings. The Bertz CT molecular complexity index is 4770. The maximum atomic E-state index is 12.3. The number of nitrogens with one attached hydrogen (secondary N) is 2. The molecule has 2 aliphatic carbocycles. The van der Waals surface area contributed by atoms with Gasteiger partial charge in [0.1, 0.15) is 0 Å². The van der Waals surface area contributed by atoms with Crippen LogP contribution in [0.25, 0.3) is 41.8 Å².